The van der Waals surface area contributed by atoms with Gasteiger partial charge in [-0.1, -0.05) is 0 Å². The molecule has 7 nitrogen and oxygen atoms in total. The summed E-state index contributed by atoms with van der Waals surface area (Å²) in [7, 11) is 1.67. The van der Waals surface area contributed by atoms with Crippen LogP contribution in [0.2, 0.25) is 0 Å². The molecule has 4 rings (SSSR count). The predicted octanol–water partition coefficient (Wildman–Crippen LogP) is 1.58. The number of methoxy groups -OCH3 is 1. The van der Waals surface area contributed by atoms with Crippen molar-refractivity contribution in [2.24, 2.45) is 0 Å². The molecular weight excluding hydrogens is 364 g/mol. The molecule has 0 amide bonds. The number of rotatable bonds is 5. The van der Waals surface area contributed by atoms with Crippen LogP contribution in [0, 0.1) is 0 Å². The molecule has 1 fully saturated rings. The maximum atomic E-state index is 12.5. The van der Waals surface area contributed by atoms with E-state index < -0.39 is 0 Å². The average Bonchev–Trinajstić information content (AvgIpc) is 3.17. The van der Waals surface area contributed by atoms with Gasteiger partial charge in [0.15, 0.2) is 0 Å². The van der Waals surface area contributed by atoms with E-state index in [-0.39, 0.29) is 11.2 Å². The average molecular weight is 386 g/mol. The molecule has 27 heavy (non-hydrogen) atoms. The van der Waals surface area contributed by atoms with Crippen LogP contribution in [0.25, 0.3) is 10.2 Å². The van der Waals surface area contributed by atoms with Crippen LogP contribution in [-0.2, 0) is 6.54 Å². The maximum Gasteiger partial charge on any atom is 0.328 e. The summed E-state index contributed by atoms with van der Waals surface area (Å²) in [6, 6.07) is 9.86. The van der Waals surface area contributed by atoms with E-state index in [1.165, 1.54) is 21.6 Å². The first kappa shape index (κ1) is 17.8. The first-order valence-electron chi connectivity index (χ1n) is 8.97. The number of fused-ring (bicyclic) bond motifs is 1. The summed E-state index contributed by atoms with van der Waals surface area (Å²) in [6.07, 6.45) is 0. The van der Waals surface area contributed by atoms with E-state index in [0.29, 0.717) is 23.3 Å². The number of H-pyrrole nitrogens is 1. The van der Waals surface area contributed by atoms with E-state index in [2.05, 4.69) is 26.9 Å². The molecule has 0 spiro atoms. The van der Waals surface area contributed by atoms with Gasteiger partial charge in [0.2, 0.25) is 0 Å². The smallest absolute Gasteiger partial charge is 0.328 e. The van der Waals surface area contributed by atoms with E-state index in [1.807, 2.05) is 17.5 Å². The molecule has 3 aromatic rings. The minimum absolute atomic E-state index is 0.194. The van der Waals surface area contributed by atoms with Crippen molar-refractivity contribution < 1.29 is 4.74 Å². The lowest BCUT2D eigenvalue weighted by atomic mass is 10.2. The summed E-state index contributed by atoms with van der Waals surface area (Å²) < 4.78 is 7.13. The van der Waals surface area contributed by atoms with E-state index in [4.69, 9.17) is 4.74 Å². The zero-order chi connectivity index (χ0) is 18.8. The molecule has 8 heteroatoms. The number of benzene rings is 1. The molecule has 0 radical (unpaired) electrons. The molecule has 0 unspecified atom stereocenters. The van der Waals surface area contributed by atoms with Crippen LogP contribution in [0.3, 0.4) is 0 Å². The minimum Gasteiger partial charge on any atom is -0.497 e. The van der Waals surface area contributed by atoms with Crippen LogP contribution >= 0.6 is 11.3 Å². The van der Waals surface area contributed by atoms with Gasteiger partial charge in [-0.15, -0.1) is 11.3 Å². The Labute approximate surface area is 160 Å². The van der Waals surface area contributed by atoms with Gasteiger partial charge in [0.1, 0.15) is 10.4 Å². The van der Waals surface area contributed by atoms with E-state index >= 15 is 0 Å². The SMILES string of the molecule is COc1ccc(N2CCN(CCn3c(=O)[nH]c4ccsc4c3=O)CC2)cc1. The number of aromatic nitrogens is 2. The van der Waals surface area contributed by atoms with Crippen molar-refractivity contribution in [1.29, 1.82) is 0 Å². The Morgan fingerprint density at radius 1 is 1.04 bits per heavy atom. The fourth-order valence-electron chi connectivity index (χ4n) is 3.44. The maximum absolute atomic E-state index is 12.5. The molecule has 1 N–H and O–H groups in total. The Hall–Kier alpha value is -2.58. The molecule has 3 heterocycles. The van der Waals surface area contributed by atoms with Crippen molar-refractivity contribution in [2.75, 3.05) is 44.7 Å². The zero-order valence-corrected chi connectivity index (χ0v) is 16.0. The van der Waals surface area contributed by atoms with Gasteiger partial charge in [-0.25, -0.2) is 4.79 Å². The first-order chi connectivity index (χ1) is 13.2. The Morgan fingerprint density at radius 2 is 1.78 bits per heavy atom. The lowest BCUT2D eigenvalue weighted by Crippen LogP contribution is -2.48. The molecule has 1 aliphatic rings. The largest absolute Gasteiger partial charge is 0.497 e. The molecule has 0 saturated carbocycles. The quantitative estimate of drug-likeness (QED) is 0.721. The number of ether oxygens (including phenoxy) is 1. The van der Waals surface area contributed by atoms with Gasteiger partial charge in [-0.05, 0) is 35.7 Å². The summed E-state index contributed by atoms with van der Waals surface area (Å²) in [5.74, 6) is 0.857. The van der Waals surface area contributed by atoms with Gasteiger partial charge in [0.05, 0.1) is 12.6 Å². The molecule has 142 valence electrons. The number of hydrogen-bond acceptors (Lipinski definition) is 6. The van der Waals surface area contributed by atoms with Crippen LogP contribution in [0.15, 0.2) is 45.3 Å². The summed E-state index contributed by atoms with van der Waals surface area (Å²) >= 11 is 1.37. The normalized spacial score (nSPS) is 15.4. The molecule has 0 bridgehead atoms. The van der Waals surface area contributed by atoms with Crippen LogP contribution < -0.4 is 20.9 Å². The number of hydrogen-bond donors (Lipinski definition) is 1. The number of nitrogens with zero attached hydrogens (tertiary/aromatic N) is 3. The first-order valence-corrected chi connectivity index (χ1v) is 9.85. The lowest BCUT2D eigenvalue weighted by Gasteiger charge is -2.36. The second kappa shape index (κ2) is 7.58. The third-order valence-electron chi connectivity index (χ3n) is 5.04. The lowest BCUT2D eigenvalue weighted by molar-refractivity contribution is 0.246. The summed E-state index contributed by atoms with van der Waals surface area (Å²) in [5.41, 5.74) is 1.29. The second-order valence-corrected chi connectivity index (χ2v) is 7.49. The fourth-order valence-corrected chi connectivity index (χ4v) is 4.24. The Kier molecular flexibility index (Phi) is 5.00. The molecule has 0 aliphatic carbocycles. The highest BCUT2D eigenvalue weighted by Gasteiger charge is 2.18. The number of piperazine rings is 1. The highest BCUT2D eigenvalue weighted by Crippen LogP contribution is 2.20. The number of nitrogens with one attached hydrogen (secondary N) is 1. The number of aromatic amines is 1. The second-order valence-electron chi connectivity index (χ2n) is 6.58. The molecular formula is C19H22N4O3S. The summed E-state index contributed by atoms with van der Waals surface area (Å²) in [6.45, 7) is 4.74. The minimum atomic E-state index is -0.331. The highest BCUT2D eigenvalue weighted by molar-refractivity contribution is 7.17. The Balaban J connectivity index is 1.37. The topological polar surface area (TPSA) is 70.6 Å². The van der Waals surface area contributed by atoms with E-state index in [9.17, 15) is 9.59 Å². The van der Waals surface area contributed by atoms with Gasteiger partial charge in [0, 0.05) is 45.0 Å². The van der Waals surface area contributed by atoms with Crippen molar-refractivity contribution in [3.8, 4) is 5.75 Å². The standard InChI is InChI=1S/C19H22N4O3S/c1-26-15-4-2-14(3-5-15)22-10-7-21(8-11-22)9-12-23-18(24)17-16(6-13-27-17)20-19(23)25/h2-6,13H,7-12H2,1H3,(H,20,25). The van der Waals surface area contributed by atoms with Crippen LogP contribution in [-0.4, -0.2) is 54.3 Å². The van der Waals surface area contributed by atoms with E-state index in [0.717, 1.165) is 31.9 Å². The molecule has 0 atom stereocenters. The summed E-state index contributed by atoms with van der Waals surface area (Å²) in [4.78, 5) is 32.1. The highest BCUT2D eigenvalue weighted by atomic mass is 32.1. The third-order valence-corrected chi connectivity index (χ3v) is 5.94. The molecule has 1 aliphatic heterocycles. The molecule has 1 saturated heterocycles. The zero-order valence-electron chi connectivity index (χ0n) is 15.2. The fraction of sp³-hybridized carbons (Fsp3) is 0.368. The van der Waals surface area contributed by atoms with Gasteiger partial charge in [-0.2, -0.15) is 0 Å². The van der Waals surface area contributed by atoms with E-state index in [1.54, 1.807) is 13.2 Å². The predicted molar refractivity (Wildman–Crippen MR) is 108 cm³/mol. The van der Waals surface area contributed by atoms with Crippen molar-refractivity contribution in [2.45, 2.75) is 6.54 Å². The molecule has 1 aromatic carbocycles. The number of anilines is 1. The van der Waals surface area contributed by atoms with Crippen LogP contribution in [0.5, 0.6) is 5.75 Å². The third kappa shape index (κ3) is 3.63. The van der Waals surface area contributed by atoms with Gasteiger partial charge < -0.3 is 14.6 Å². The number of thiophene rings is 1. The van der Waals surface area contributed by atoms with Crippen molar-refractivity contribution in [3.63, 3.8) is 0 Å². The van der Waals surface area contributed by atoms with Crippen molar-refractivity contribution >= 4 is 27.2 Å². The van der Waals surface area contributed by atoms with Crippen LogP contribution in [0.4, 0.5) is 5.69 Å². The summed E-state index contributed by atoms with van der Waals surface area (Å²) in [5, 5.41) is 1.82. The monoisotopic (exact) mass is 386 g/mol. The van der Waals surface area contributed by atoms with Crippen molar-refractivity contribution in [1.82, 2.24) is 14.5 Å². The van der Waals surface area contributed by atoms with Crippen molar-refractivity contribution in [3.05, 3.63) is 56.5 Å². The Morgan fingerprint density at radius 3 is 2.48 bits per heavy atom. The van der Waals surface area contributed by atoms with Gasteiger partial charge in [-0.3, -0.25) is 14.3 Å². The van der Waals surface area contributed by atoms with Gasteiger partial charge >= 0.3 is 5.69 Å². The van der Waals surface area contributed by atoms with Gasteiger partial charge in [0.25, 0.3) is 5.56 Å². The molecule has 2 aromatic heterocycles. The van der Waals surface area contributed by atoms with Crippen LogP contribution in [0.1, 0.15) is 0 Å². The Bertz CT molecular complexity index is 1030.